The SMILES string of the molecule is CC1CCOC1C(=O)Nc1ccc(/C=C/C(=O)O)cc1. The molecule has 20 heavy (non-hydrogen) atoms. The van der Waals surface area contributed by atoms with E-state index >= 15 is 0 Å². The molecule has 5 heteroatoms. The lowest BCUT2D eigenvalue weighted by Gasteiger charge is -2.14. The number of anilines is 1. The van der Waals surface area contributed by atoms with Gasteiger partial charge in [0.15, 0.2) is 0 Å². The zero-order valence-corrected chi connectivity index (χ0v) is 11.2. The molecule has 0 saturated carbocycles. The van der Waals surface area contributed by atoms with Crippen molar-refractivity contribution in [2.75, 3.05) is 11.9 Å². The summed E-state index contributed by atoms with van der Waals surface area (Å²) in [7, 11) is 0. The van der Waals surface area contributed by atoms with Crippen LogP contribution in [-0.2, 0) is 14.3 Å². The number of nitrogens with one attached hydrogen (secondary N) is 1. The fourth-order valence-corrected chi connectivity index (χ4v) is 2.09. The maximum Gasteiger partial charge on any atom is 0.328 e. The molecule has 2 atom stereocenters. The van der Waals surface area contributed by atoms with Crippen LogP contribution in [0.2, 0.25) is 0 Å². The molecule has 2 N–H and O–H groups in total. The maximum atomic E-state index is 12.0. The summed E-state index contributed by atoms with van der Waals surface area (Å²) in [4.78, 5) is 22.4. The highest BCUT2D eigenvalue weighted by Crippen LogP contribution is 2.21. The van der Waals surface area contributed by atoms with E-state index in [4.69, 9.17) is 9.84 Å². The third-order valence-corrected chi connectivity index (χ3v) is 3.24. The Morgan fingerprint density at radius 3 is 2.60 bits per heavy atom. The molecule has 2 unspecified atom stereocenters. The molecule has 106 valence electrons. The van der Waals surface area contributed by atoms with Gasteiger partial charge in [0.2, 0.25) is 0 Å². The third kappa shape index (κ3) is 3.68. The number of hydrogen-bond acceptors (Lipinski definition) is 3. The maximum absolute atomic E-state index is 12.0. The van der Waals surface area contributed by atoms with Crippen molar-refractivity contribution in [3.05, 3.63) is 35.9 Å². The number of benzene rings is 1. The lowest BCUT2D eigenvalue weighted by molar-refractivity contribution is -0.131. The second-order valence-electron chi connectivity index (χ2n) is 4.84. The molecule has 1 fully saturated rings. The van der Waals surface area contributed by atoms with Gasteiger partial charge in [0.1, 0.15) is 6.10 Å². The summed E-state index contributed by atoms with van der Waals surface area (Å²) in [6, 6.07) is 6.96. The average molecular weight is 275 g/mol. The first kappa shape index (κ1) is 14.3. The Morgan fingerprint density at radius 2 is 2.05 bits per heavy atom. The standard InChI is InChI=1S/C15H17NO4/c1-10-8-9-20-14(10)15(19)16-12-5-2-11(3-6-12)4-7-13(17)18/h2-7,10,14H,8-9H2,1H3,(H,16,19)(H,17,18)/b7-4+. The predicted octanol–water partition coefficient (Wildman–Crippen LogP) is 2.15. The van der Waals surface area contributed by atoms with E-state index in [1.54, 1.807) is 24.3 Å². The molecule has 1 aromatic carbocycles. The number of carbonyl (C=O) groups excluding carboxylic acids is 1. The van der Waals surface area contributed by atoms with Crippen molar-refractivity contribution in [3.63, 3.8) is 0 Å². The van der Waals surface area contributed by atoms with Gasteiger partial charge in [-0.3, -0.25) is 4.79 Å². The first-order chi connectivity index (χ1) is 9.56. The Hall–Kier alpha value is -2.14. The highest BCUT2D eigenvalue weighted by atomic mass is 16.5. The Bertz CT molecular complexity index is 521. The summed E-state index contributed by atoms with van der Waals surface area (Å²) in [5.41, 5.74) is 1.43. The van der Waals surface area contributed by atoms with E-state index in [0.717, 1.165) is 18.1 Å². The van der Waals surface area contributed by atoms with Gasteiger partial charge in [-0.2, -0.15) is 0 Å². The first-order valence-corrected chi connectivity index (χ1v) is 6.50. The quantitative estimate of drug-likeness (QED) is 0.825. The lowest BCUT2D eigenvalue weighted by Crippen LogP contribution is -2.31. The Balaban J connectivity index is 1.96. The van der Waals surface area contributed by atoms with Crippen LogP contribution in [0.5, 0.6) is 0 Å². The normalized spacial score (nSPS) is 22.1. The zero-order valence-electron chi connectivity index (χ0n) is 11.2. The fraction of sp³-hybridized carbons (Fsp3) is 0.333. The molecular weight excluding hydrogens is 258 g/mol. The van der Waals surface area contributed by atoms with Gasteiger partial charge in [-0.25, -0.2) is 4.79 Å². The second kappa shape index (κ2) is 6.34. The molecule has 2 rings (SSSR count). The van der Waals surface area contributed by atoms with Crippen molar-refractivity contribution in [3.8, 4) is 0 Å². The fourth-order valence-electron chi connectivity index (χ4n) is 2.09. The number of ether oxygens (including phenoxy) is 1. The Kier molecular flexibility index (Phi) is 4.53. The summed E-state index contributed by atoms with van der Waals surface area (Å²) < 4.78 is 5.40. The summed E-state index contributed by atoms with van der Waals surface area (Å²) >= 11 is 0. The molecule has 1 heterocycles. The van der Waals surface area contributed by atoms with Crippen molar-refractivity contribution in [1.82, 2.24) is 0 Å². The van der Waals surface area contributed by atoms with Crippen LogP contribution in [0.3, 0.4) is 0 Å². The third-order valence-electron chi connectivity index (χ3n) is 3.24. The topological polar surface area (TPSA) is 75.6 Å². The predicted molar refractivity (Wildman–Crippen MR) is 75.3 cm³/mol. The Morgan fingerprint density at radius 1 is 1.35 bits per heavy atom. The zero-order chi connectivity index (χ0) is 14.5. The minimum absolute atomic E-state index is 0.135. The highest BCUT2D eigenvalue weighted by molar-refractivity contribution is 5.94. The minimum Gasteiger partial charge on any atom is -0.478 e. The molecule has 1 aliphatic rings. The summed E-state index contributed by atoms with van der Waals surface area (Å²) in [6.07, 6.45) is 3.08. The van der Waals surface area contributed by atoms with Crippen molar-refractivity contribution < 1.29 is 19.4 Å². The molecular formula is C15H17NO4. The van der Waals surface area contributed by atoms with E-state index in [2.05, 4.69) is 5.32 Å². The number of amides is 1. The molecule has 0 radical (unpaired) electrons. The molecule has 1 amide bonds. The van der Waals surface area contributed by atoms with E-state index in [1.807, 2.05) is 6.92 Å². The van der Waals surface area contributed by atoms with Crippen LogP contribution in [0.25, 0.3) is 6.08 Å². The molecule has 0 bridgehead atoms. The van der Waals surface area contributed by atoms with Gasteiger partial charge in [-0.05, 0) is 36.1 Å². The number of aliphatic carboxylic acids is 1. The average Bonchev–Trinajstić information content (AvgIpc) is 2.84. The van der Waals surface area contributed by atoms with Gasteiger partial charge in [-0.1, -0.05) is 19.1 Å². The number of rotatable bonds is 4. The summed E-state index contributed by atoms with van der Waals surface area (Å²) in [5, 5.41) is 11.3. The van der Waals surface area contributed by atoms with Crippen molar-refractivity contribution in [2.24, 2.45) is 5.92 Å². The molecule has 5 nitrogen and oxygen atoms in total. The van der Waals surface area contributed by atoms with Gasteiger partial charge < -0.3 is 15.2 Å². The first-order valence-electron chi connectivity index (χ1n) is 6.50. The van der Waals surface area contributed by atoms with Crippen molar-refractivity contribution >= 4 is 23.6 Å². The second-order valence-corrected chi connectivity index (χ2v) is 4.84. The monoisotopic (exact) mass is 275 g/mol. The van der Waals surface area contributed by atoms with Gasteiger partial charge in [0.25, 0.3) is 5.91 Å². The minimum atomic E-state index is -0.991. The number of carboxylic acid groups (broad SMARTS) is 1. The van der Waals surface area contributed by atoms with Gasteiger partial charge in [-0.15, -0.1) is 0 Å². The van der Waals surface area contributed by atoms with Crippen LogP contribution in [0.4, 0.5) is 5.69 Å². The van der Waals surface area contributed by atoms with Crippen LogP contribution >= 0.6 is 0 Å². The van der Waals surface area contributed by atoms with Crippen LogP contribution in [-0.4, -0.2) is 29.7 Å². The van der Waals surface area contributed by atoms with Crippen LogP contribution in [0, 0.1) is 5.92 Å². The van der Waals surface area contributed by atoms with E-state index in [9.17, 15) is 9.59 Å². The van der Waals surface area contributed by atoms with Crippen molar-refractivity contribution in [2.45, 2.75) is 19.4 Å². The number of hydrogen-bond donors (Lipinski definition) is 2. The molecule has 1 aromatic rings. The highest BCUT2D eigenvalue weighted by Gasteiger charge is 2.30. The van der Waals surface area contributed by atoms with E-state index in [0.29, 0.717) is 12.3 Å². The van der Waals surface area contributed by atoms with Crippen molar-refractivity contribution in [1.29, 1.82) is 0 Å². The smallest absolute Gasteiger partial charge is 0.328 e. The van der Waals surface area contributed by atoms with E-state index in [-0.39, 0.29) is 17.9 Å². The molecule has 1 aliphatic heterocycles. The molecule has 0 spiro atoms. The van der Waals surface area contributed by atoms with Crippen LogP contribution in [0.1, 0.15) is 18.9 Å². The molecule has 0 aliphatic carbocycles. The van der Waals surface area contributed by atoms with E-state index < -0.39 is 5.97 Å². The molecule has 1 saturated heterocycles. The summed E-state index contributed by atoms with van der Waals surface area (Å²) in [6.45, 7) is 2.62. The summed E-state index contributed by atoms with van der Waals surface area (Å²) in [5.74, 6) is -0.897. The molecule has 0 aromatic heterocycles. The van der Waals surface area contributed by atoms with Gasteiger partial charge in [0.05, 0.1) is 0 Å². The Labute approximate surface area is 117 Å². The number of carboxylic acids is 1. The van der Waals surface area contributed by atoms with Crippen LogP contribution < -0.4 is 5.32 Å². The largest absolute Gasteiger partial charge is 0.478 e. The lowest BCUT2D eigenvalue weighted by atomic mass is 10.0. The van der Waals surface area contributed by atoms with Gasteiger partial charge >= 0.3 is 5.97 Å². The van der Waals surface area contributed by atoms with Gasteiger partial charge in [0, 0.05) is 18.4 Å². The van der Waals surface area contributed by atoms with Crippen LogP contribution in [0.15, 0.2) is 30.3 Å². The van der Waals surface area contributed by atoms with E-state index in [1.165, 1.54) is 6.08 Å². The number of carbonyl (C=O) groups is 2.